The van der Waals surface area contributed by atoms with Gasteiger partial charge in [-0.3, -0.25) is 10.1 Å². The molecule has 1 fully saturated rings. The second-order valence-corrected chi connectivity index (χ2v) is 5.39. The number of hydrogen-bond acceptors (Lipinski definition) is 5. The van der Waals surface area contributed by atoms with Crippen molar-refractivity contribution >= 4 is 11.5 Å². The van der Waals surface area contributed by atoms with E-state index in [1.807, 2.05) is 13.8 Å². The van der Waals surface area contributed by atoms with Gasteiger partial charge in [0.05, 0.1) is 11.0 Å². The van der Waals surface area contributed by atoms with Crippen molar-refractivity contribution in [3.63, 3.8) is 0 Å². The highest BCUT2D eigenvalue weighted by Crippen LogP contribution is 2.42. The van der Waals surface area contributed by atoms with E-state index in [2.05, 4.69) is 10.3 Å². The molecule has 0 amide bonds. The summed E-state index contributed by atoms with van der Waals surface area (Å²) in [6, 6.07) is 1.64. The van der Waals surface area contributed by atoms with Gasteiger partial charge >= 0.3 is 0 Å². The van der Waals surface area contributed by atoms with E-state index in [4.69, 9.17) is 0 Å². The summed E-state index contributed by atoms with van der Waals surface area (Å²) in [5.74, 6) is 0.644. The lowest BCUT2D eigenvalue weighted by atomic mass is 9.64. The molecule has 1 saturated carbocycles. The summed E-state index contributed by atoms with van der Waals surface area (Å²) >= 11 is 0. The van der Waals surface area contributed by atoms with E-state index in [9.17, 15) is 15.2 Å². The number of anilines is 1. The number of aliphatic hydroxyl groups is 1. The van der Waals surface area contributed by atoms with Crippen LogP contribution in [0.1, 0.15) is 25.8 Å². The standard InChI is InChI=1S/C12H17N3O3/c1-7-4-8(15(17)18)6-13-11(7)14-9-5-10(16)12(9,2)3/h4,6,9-10,16H,5H2,1-3H3,(H,13,14). The first kappa shape index (κ1) is 12.8. The van der Waals surface area contributed by atoms with Gasteiger partial charge in [0.25, 0.3) is 5.69 Å². The number of pyridine rings is 1. The third-order valence-corrected chi connectivity index (χ3v) is 3.80. The molecular formula is C12H17N3O3. The molecule has 0 saturated heterocycles. The van der Waals surface area contributed by atoms with Gasteiger partial charge < -0.3 is 10.4 Å². The number of aliphatic hydroxyl groups excluding tert-OH is 1. The molecule has 0 radical (unpaired) electrons. The minimum atomic E-state index is -0.458. The minimum Gasteiger partial charge on any atom is -0.392 e. The maximum Gasteiger partial charge on any atom is 0.287 e. The summed E-state index contributed by atoms with van der Waals surface area (Å²) in [6.07, 6.45) is 1.61. The van der Waals surface area contributed by atoms with Gasteiger partial charge in [-0.1, -0.05) is 13.8 Å². The van der Waals surface area contributed by atoms with Crippen LogP contribution in [-0.4, -0.2) is 27.2 Å². The van der Waals surface area contributed by atoms with Crippen LogP contribution in [0.15, 0.2) is 12.3 Å². The monoisotopic (exact) mass is 251 g/mol. The molecule has 0 spiro atoms. The highest BCUT2D eigenvalue weighted by atomic mass is 16.6. The highest BCUT2D eigenvalue weighted by molar-refractivity contribution is 5.49. The minimum absolute atomic E-state index is 0.00838. The molecule has 0 bridgehead atoms. The third kappa shape index (κ3) is 2.03. The van der Waals surface area contributed by atoms with E-state index in [1.165, 1.54) is 12.3 Å². The van der Waals surface area contributed by atoms with Gasteiger partial charge in [-0.25, -0.2) is 4.98 Å². The van der Waals surface area contributed by atoms with Gasteiger partial charge in [0.1, 0.15) is 12.0 Å². The second-order valence-electron chi connectivity index (χ2n) is 5.39. The quantitative estimate of drug-likeness (QED) is 0.632. The fourth-order valence-electron chi connectivity index (χ4n) is 2.12. The molecule has 1 aliphatic rings. The van der Waals surface area contributed by atoms with Crippen molar-refractivity contribution in [2.45, 2.75) is 39.3 Å². The molecule has 0 aliphatic heterocycles. The Morgan fingerprint density at radius 3 is 2.72 bits per heavy atom. The SMILES string of the molecule is Cc1cc([N+](=O)[O-])cnc1NC1CC(O)C1(C)C. The molecule has 2 atom stereocenters. The number of aryl methyl sites for hydroxylation is 1. The molecule has 2 rings (SSSR count). The molecular weight excluding hydrogens is 234 g/mol. The molecule has 1 aliphatic carbocycles. The number of hydrogen-bond donors (Lipinski definition) is 2. The van der Waals surface area contributed by atoms with Gasteiger partial charge in [-0.05, 0) is 18.9 Å². The smallest absolute Gasteiger partial charge is 0.287 e. The van der Waals surface area contributed by atoms with Crippen LogP contribution in [0.3, 0.4) is 0 Å². The van der Waals surface area contributed by atoms with E-state index >= 15 is 0 Å². The zero-order valence-electron chi connectivity index (χ0n) is 10.7. The van der Waals surface area contributed by atoms with Crippen LogP contribution in [0, 0.1) is 22.5 Å². The number of aromatic nitrogens is 1. The fourth-order valence-corrected chi connectivity index (χ4v) is 2.12. The van der Waals surface area contributed by atoms with Gasteiger partial charge in [0, 0.05) is 17.5 Å². The molecule has 1 aromatic rings. The van der Waals surface area contributed by atoms with Crippen LogP contribution in [0.25, 0.3) is 0 Å². The van der Waals surface area contributed by atoms with Crippen LogP contribution in [0.5, 0.6) is 0 Å². The highest BCUT2D eigenvalue weighted by Gasteiger charge is 2.47. The average molecular weight is 251 g/mol. The molecule has 98 valence electrons. The van der Waals surface area contributed by atoms with E-state index in [0.29, 0.717) is 12.2 Å². The van der Waals surface area contributed by atoms with Gasteiger partial charge in [-0.15, -0.1) is 0 Å². The van der Waals surface area contributed by atoms with Crippen molar-refractivity contribution in [3.05, 3.63) is 27.9 Å². The Balaban J connectivity index is 2.14. The van der Waals surface area contributed by atoms with Crippen molar-refractivity contribution in [2.24, 2.45) is 5.41 Å². The molecule has 1 aromatic heterocycles. The Hall–Kier alpha value is -1.69. The first-order chi connectivity index (χ1) is 8.32. The lowest BCUT2D eigenvalue weighted by Gasteiger charge is -2.49. The van der Waals surface area contributed by atoms with Gasteiger partial charge in [-0.2, -0.15) is 0 Å². The van der Waals surface area contributed by atoms with Crippen LogP contribution in [-0.2, 0) is 0 Å². The van der Waals surface area contributed by atoms with Crippen molar-refractivity contribution in [1.29, 1.82) is 0 Å². The first-order valence-corrected chi connectivity index (χ1v) is 5.88. The summed E-state index contributed by atoms with van der Waals surface area (Å²) in [5, 5.41) is 23.5. The molecule has 6 nitrogen and oxygen atoms in total. The van der Waals surface area contributed by atoms with Crippen molar-refractivity contribution in [3.8, 4) is 0 Å². The summed E-state index contributed by atoms with van der Waals surface area (Å²) in [6.45, 7) is 5.75. The number of nitro groups is 1. The van der Waals surface area contributed by atoms with Gasteiger partial charge in [0.2, 0.25) is 0 Å². The maximum atomic E-state index is 10.6. The second kappa shape index (κ2) is 4.20. The Labute approximate surface area is 105 Å². The zero-order chi connectivity index (χ0) is 13.5. The number of nitrogens with one attached hydrogen (secondary N) is 1. The van der Waals surface area contributed by atoms with Crippen LogP contribution < -0.4 is 5.32 Å². The maximum absolute atomic E-state index is 10.6. The molecule has 2 unspecified atom stereocenters. The van der Waals surface area contributed by atoms with Crippen molar-refractivity contribution in [1.82, 2.24) is 4.98 Å². The van der Waals surface area contributed by atoms with E-state index in [0.717, 1.165) is 5.56 Å². The molecule has 6 heteroatoms. The van der Waals surface area contributed by atoms with Crippen LogP contribution >= 0.6 is 0 Å². The summed E-state index contributed by atoms with van der Waals surface area (Å²) in [4.78, 5) is 14.2. The van der Waals surface area contributed by atoms with Gasteiger partial charge in [0.15, 0.2) is 0 Å². The first-order valence-electron chi connectivity index (χ1n) is 5.88. The number of rotatable bonds is 3. The fraction of sp³-hybridized carbons (Fsp3) is 0.583. The van der Waals surface area contributed by atoms with E-state index in [-0.39, 0.29) is 23.2 Å². The topological polar surface area (TPSA) is 88.3 Å². The predicted octanol–water partition coefficient (Wildman–Crippen LogP) is 1.87. The molecule has 0 aromatic carbocycles. The zero-order valence-corrected chi connectivity index (χ0v) is 10.7. The lowest BCUT2D eigenvalue weighted by Crippen LogP contribution is -2.57. The third-order valence-electron chi connectivity index (χ3n) is 3.80. The summed E-state index contributed by atoms with van der Waals surface area (Å²) in [5.41, 5.74) is 0.531. The Morgan fingerprint density at radius 2 is 2.28 bits per heavy atom. The van der Waals surface area contributed by atoms with E-state index in [1.54, 1.807) is 6.92 Å². The van der Waals surface area contributed by atoms with E-state index < -0.39 is 4.92 Å². The number of nitrogens with zero attached hydrogens (tertiary/aromatic N) is 2. The van der Waals surface area contributed by atoms with Crippen LogP contribution in [0.2, 0.25) is 0 Å². The molecule has 1 heterocycles. The average Bonchev–Trinajstić information content (AvgIpc) is 2.30. The summed E-state index contributed by atoms with van der Waals surface area (Å²) < 4.78 is 0. The predicted molar refractivity (Wildman–Crippen MR) is 67.4 cm³/mol. The lowest BCUT2D eigenvalue weighted by molar-refractivity contribution is -0.385. The molecule has 2 N–H and O–H groups in total. The normalized spacial score (nSPS) is 25.3. The summed E-state index contributed by atoms with van der Waals surface area (Å²) in [7, 11) is 0. The van der Waals surface area contributed by atoms with Crippen molar-refractivity contribution < 1.29 is 10.0 Å². The Kier molecular flexibility index (Phi) is 2.98. The Bertz CT molecular complexity index is 487. The molecule has 18 heavy (non-hydrogen) atoms. The van der Waals surface area contributed by atoms with Crippen molar-refractivity contribution in [2.75, 3.05) is 5.32 Å². The Morgan fingerprint density at radius 1 is 1.61 bits per heavy atom. The van der Waals surface area contributed by atoms with Crippen LogP contribution in [0.4, 0.5) is 11.5 Å². The largest absolute Gasteiger partial charge is 0.392 e.